The van der Waals surface area contributed by atoms with Crippen molar-refractivity contribution in [3.63, 3.8) is 0 Å². The summed E-state index contributed by atoms with van der Waals surface area (Å²) in [6.07, 6.45) is 3.52. The first kappa shape index (κ1) is 16.3. The lowest BCUT2D eigenvalue weighted by Crippen LogP contribution is -2.50. The van der Waals surface area contributed by atoms with Crippen LogP contribution in [0.1, 0.15) is 31.2 Å². The first-order chi connectivity index (χ1) is 11.1. The van der Waals surface area contributed by atoms with Gasteiger partial charge in [0.1, 0.15) is 6.04 Å². The summed E-state index contributed by atoms with van der Waals surface area (Å²) in [7, 11) is 0. The molecule has 2 atom stereocenters. The summed E-state index contributed by atoms with van der Waals surface area (Å²) in [5.41, 5.74) is 0.996. The van der Waals surface area contributed by atoms with Gasteiger partial charge in [-0.1, -0.05) is 23.7 Å². The second-order valence-corrected chi connectivity index (χ2v) is 6.62. The molecule has 0 aliphatic carbocycles. The third kappa shape index (κ3) is 3.85. The van der Waals surface area contributed by atoms with Crippen LogP contribution in [0, 0.1) is 0 Å². The van der Waals surface area contributed by atoms with Crippen LogP contribution in [-0.4, -0.2) is 41.9 Å². The highest BCUT2D eigenvalue weighted by molar-refractivity contribution is 6.30. The summed E-state index contributed by atoms with van der Waals surface area (Å²) in [4.78, 5) is 26.8. The van der Waals surface area contributed by atoms with E-state index in [0.717, 1.165) is 37.8 Å². The van der Waals surface area contributed by atoms with Gasteiger partial charge in [0.15, 0.2) is 0 Å². The van der Waals surface area contributed by atoms with Crippen molar-refractivity contribution in [1.29, 1.82) is 0 Å². The molecule has 0 saturated carbocycles. The number of benzene rings is 1. The molecule has 0 spiro atoms. The molecule has 2 N–H and O–H groups in total. The zero-order chi connectivity index (χ0) is 16.2. The standard InChI is InChI=1S/C17H22ClN3O2/c18-13-7-5-12(6-8-13)11-20-16(22)15-4-2-10-21(15)17(23)14-3-1-9-19-14/h5-8,14-15,19H,1-4,9-11H2,(H,20,22)/t14-,15-/m0/s1. The van der Waals surface area contributed by atoms with E-state index in [4.69, 9.17) is 11.6 Å². The number of carbonyl (C=O) groups excluding carboxylic acids is 2. The van der Waals surface area contributed by atoms with E-state index in [1.807, 2.05) is 12.1 Å². The van der Waals surface area contributed by atoms with Crippen molar-refractivity contribution >= 4 is 23.4 Å². The number of carbonyl (C=O) groups is 2. The molecule has 2 fully saturated rings. The Labute approximate surface area is 141 Å². The van der Waals surface area contributed by atoms with Gasteiger partial charge in [-0.15, -0.1) is 0 Å². The largest absolute Gasteiger partial charge is 0.350 e. The first-order valence-electron chi connectivity index (χ1n) is 8.21. The van der Waals surface area contributed by atoms with Crippen LogP contribution in [0.2, 0.25) is 5.02 Å². The van der Waals surface area contributed by atoms with Gasteiger partial charge in [0.25, 0.3) is 0 Å². The average Bonchev–Trinajstić information content (AvgIpc) is 3.24. The predicted molar refractivity (Wildman–Crippen MR) is 89.1 cm³/mol. The van der Waals surface area contributed by atoms with Crippen molar-refractivity contribution < 1.29 is 9.59 Å². The smallest absolute Gasteiger partial charge is 0.243 e. The lowest BCUT2D eigenvalue weighted by molar-refractivity contribution is -0.139. The van der Waals surface area contributed by atoms with Gasteiger partial charge in [-0.25, -0.2) is 0 Å². The van der Waals surface area contributed by atoms with E-state index in [1.54, 1.807) is 17.0 Å². The van der Waals surface area contributed by atoms with Gasteiger partial charge in [0, 0.05) is 18.1 Å². The van der Waals surface area contributed by atoms with Crippen LogP contribution in [-0.2, 0) is 16.1 Å². The molecule has 0 aromatic heterocycles. The number of rotatable bonds is 4. The SMILES string of the molecule is O=C(NCc1ccc(Cl)cc1)[C@@H]1CCCN1C(=O)[C@@H]1CCCN1. The molecular weight excluding hydrogens is 314 g/mol. The minimum Gasteiger partial charge on any atom is -0.350 e. The van der Waals surface area contributed by atoms with Crippen LogP contribution in [0.3, 0.4) is 0 Å². The van der Waals surface area contributed by atoms with Crippen LogP contribution < -0.4 is 10.6 Å². The number of nitrogens with one attached hydrogen (secondary N) is 2. The van der Waals surface area contributed by atoms with Gasteiger partial charge in [-0.3, -0.25) is 9.59 Å². The van der Waals surface area contributed by atoms with Crippen LogP contribution in [0.25, 0.3) is 0 Å². The van der Waals surface area contributed by atoms with Gasteiger partial charge in [-0.2, -0.15) is 0 Å². The Kier molecular flexibility index (Phi) is 5.18. The first-order valence-corrected chi connectivity index (χ1v) is 8.59. The van der Waals surface area contributed by atoms with Crippen molar-refractivity contribution in [2.75, 3.05) is 13.1 Å². The topological polar surface area (TPSA) is 61.4 Å². The molecule has 1 aromatic rings. The molecule has 3 rings (SSSR count). The van der Waals surface area contributed by atoms with E-state index >= 15 is 0 Å². The summed E-state index contributed by atoms with van der Waals surface area (Å²) < 4.78 is 0. The second kappa shape index (κ2) is 7.32. The van der Waals surface area contributed by atoms with E-state index in [1.165, 1.54) is 0 Å². The van der Waals surface area contributed by atoms with E-state index in [-0.39, 0.29) is 23.9 Å². The highest BCUT2D eigenvalue weighted by Gasteiger charge is 2.37. The Morgan fingerprint density at radius 2 is 2.00 bits per heavy atom. The van der Waals surface area contributed by atoms with Crippen LogP contribution in [0.15, 0.2) is 24.3 Å². The molecule has 5 nitrogen and oxygen atoms in total. The van der Waals surface area contributed by atoms with Crippen molar-refractivity contribution in [2.24, 2.45) is 0 Å². The Hall–Kier alpha value is -1.59. The second-order valence-electron chi connectivity index (χ2n) is 6.18. The Bertz CT molecular complexity index is 570. The number of amides is 2. The predicted octanol–water partition coefficient (Wildman–Crippen LogP) is 1.70. The summed E-state index contributed by atoms with van der Waals surface area (Å²) in [5.74, 6) is 0.00967. The normalized spacial score (nSPS) is 24.0. The van der Waals surface area contributed by atoms with Gasteiger partial charge in [0.2, 0.25) is 11.8 Å². The molecular formula is C17H22ClN3O2. The lowest BCUT2D eigenvalue weighted by atomic mass is 10.1. The summed E-state index contributed by atoms with van der Waals surface area (Å²) in [6.45, 7) is 2.02. The van der Waals surface area contributed by atoms with Crippen LogP contribution >= 0.6 is 11.6 Å². The van der Waals surface area contributed by atoms with E-state index < -0.39 is 0 Å². The number of halogens is 1. The molecule has 0 unspecified atom stereocenters. The number of nitrogens with zero attached hydrogens (tertiary/aromatic N) is 1. The Morgan fingerprint density at radius 1 is 1.22 bits per heavy atom. The van der Waals surface area contributed by atoms with Crippen LogP contribution in [0.4, 0.5) is 0 Å². The molecule has 0 radical (unpaired) electrons. The summed E-state index contributed by atoms with van der Waals surface area (Å²) in [6, 6.07) is 6.95. The van der Waals surface area contributed by atoms with Crippen LogP contribution in [0.5, 0.6) is 0 Å². The fourth-order valence-electron chi connectivity index (χ4n) is 3.31. The highest BCUT2D eigenvalue weighted by atomic mass is 35.5. The molecule has 23 heavy (non-hydrogen) atoms. The number of likely N-dealkylation sites (tertiary alicyclic amines) is 1. The maximum atomic E-state index is 12.5. The maximum absolute atomic E-state index is 12.5. The van der Waals surface area contributed by atoms with E-state index in [2.05, 4.69) is 10.6 Å². The molecule has 2 amide bonds. The maximum Gasteiger partial charge on any atom is 0.243 e. The fraction of sp³-hybridized carbons (Fsp3) is 0.529. The third-order valence-corrected chi connectivity index (χ3v) is 4.83. The average molecular weight is 336 g/mol. The quantitative estimate of drug-likeness (QED) is 0.880. The summed E-state index contributed by atoms with van der Waals surface area (Å²) in [5, 5.41) is 6.84. The molecule has 6 heteroatoms. The highest BCUT2D eigenvalue weighted by Crippen LogP contribution is 2.21. The van der Waals surface area contributed by atoms with Crippen molar-refractivity contribution in [3.8, 4) is 0 Å². The number of hydrogen-bond donors (Lipinski definition) is 2. The molecule has 124 valence electrons. The third-order valence-electron chi connectivity index (χ3n) is 4.58. The fourth-order valence-corrected chi connectivity index (χ4v) is 3.43. The zero-order valence-corrected chi connectivity index (χ0v) is 13.8. The lowest BCUT2D eigenvalue weighted by Gasteiger charge is -2.26. The molecule has 2 heterocycles. The molecule has 2 aliphatic rings. The van der Waals surface area contributed by atoms with Gasteiger partial charge in [-0.05, 0) is 49.9 Å². The zero-order valence-electron chi connectivity index (χ0n) is 13.1. The minimum absolute atomic E-state index is 0.0659. The van der Waals surface area contributed by atoms with Gasteiger partial charge >= 0.3 is 0 Å². The summed E-state index contributed by atoms with van der Waals surface area (Å²) >= 11 is 5.86. The molecule has 2 aliphatic heterocycles. The molecule has 1 aromatic carbocycles. The van der Waals surface area contributed by atoms with E-state index in [0.29, 0.717) is 18.1 Å². The Morgan fingerprint density at radius 3 is 2.70 bits per heavy atom. The van der Waals surface area contributed by atoms with Crippen molar-refractivity contribution in [1.82, 2.24) is 15.5 Å². The molecule has 2 saturated heterocycles. The van der Waals surface area contributed by atoms with Crippen molar-refractivity contribution in [2.45, 2.75) is 44.3 Å². The van der Waals surface area contributed by atoms with Crippen molar-refractivity contribution in [3.05, 3.63) is 34.9 Å². The minimum atomic E-state index is -0.336. The Balaban J connectivity index is 1.57. The monoisotopic (exact) mass is 335 g/mol. The van der Waals surface area contributed by atoms with Gasteiger partial charge in [0.05, 0.1) is 6.04 Å². The van der Waals surface area contributed by atoms with Gasteiger partial charge < -0.3 is 15.5 Å². The van der Waals surface area contributed by atoms with E-state index in [9.17, 15) is 9.59 Å². The molecule has 0 bridgehead atoms. The number of hydrogen-bond acceptors (Lipinski definition) is 3.